The number of ether oxygens (including phenoxy) is 2. The fraction of sp³-hybridized carbons (Fsp3) is 0.200. The second kappa shape index (κ2) is 9.16. The van der Waals surface area contributed by atoms with Crippen molar-refractivity contribution in [3.05, 3.63) is 69.8 Å². The Balaban J connectivity index is 1.69. The predicted octanol–water partition coefficient (Wildman–Crippen LogP) is 2.15. The molecule has 150 valence electrons. The smallest absolute Gasteiger partial charge is 0.216 e. The molecule has 0 unspecified atom stereocenters. The molecule has 3 aromatic rings. The summed E-state index contributed by atoms with van der Waals surface area (Å²) in [4.78, 5) is 10.4. The van der Waals surface area contributed by atoms with Gasteiger partial charge in [0, 0.05) is 0 Å². The summed E-state index contributed by atoms with van der Waals surface area (Å²) in [6.07, 6.45) is 1.61. The summed E-state index contributed by atoms with van der Waals surface area (Å²) in [5, 5.41) is 21.7. The van der Waals surface area contributed by atoms with E-state index in [1.54, 1.807) is 30.5 Å². The van der Waals surface area contributed by atoms with Crippen molar-refractivity contribution in [1.82, 2.24) is 14.9 Å². The molecule has 1 N–H and O–H groups in total. The molecule has 0 atom stereocenters. The highest BCUT2D eigenvalue weighted by Gasteiger charge is 2.07. The van der Waals surface area contributed by atoms with E-state index in [2.05, 4.69) is 15.3 Å². The number of aliphatic carboxylic acids is 1. The van der Waals surface area contributed by atoms with Gasteiger partial charge in [0.2, 0.25) is 4.77 Å². The van der Waals surface area contributed by atoms with E-state index in [0.29, 0.717) is 16.3 Å². The lowest BCUT2D eigenvalue weighted by atomic mass is 10.1. The van der Waals surface area contributed by atoms with Crippen LogP contribution in [0.3, 0.4) is 0 Å². The Kier molecular flexibility index (Phi) is 6.40. The van der Waals surface area contributed by atoms with Crippen LogP contribution in [0.25, 0.3) is 0 Å². The molecular formula is C20H19N4O4S-. The topological polar surface area (TPSA) is 105 Å². The molecule has 0 saturated carbocycles. The molecule has 1 aromatic heterocycles. The first kappa shape index (κ1) is 20.3. The minimum atomic E-state index is -1.28. The van der Waals surface area contributed by atoms with Crippen LogP contribution in [0.2, 0.25) is 0 Å². The van der Waals surface area contributed by atoms with Gasteiger partial charge >= 0.3 is 0 Å². The maximum absolute atomic E-state index is 10.4. The average Bonchev–Trinajstić information content (AvgIpc) is 3.04. The average molecular weight is 411 g/mol. The maximum Gasteiger partial charge on any atom is 0.216 e. The molecule has 0 amide bonds. The highest BCUT2D eigenvalue weighted by Crippen LogP contribution is 2.19. The lowest BCUT2D eigenvalue weighted by Gasteiger charge is -2.09. The zero-order chi connectivity index (χ0) is 20.8. The van der Waals surface area contributed by atoms with Gasteiger partial charge in [-0.3, -0.25) is 0 Å². The van der Waals surface area contributed by atoms with Crippen LogP contribution in [-0.4, -0.2) is 33.7 Å². The van der Waals surface area contributed by atoms with Crippen LogP contribution in [0, 0.1) is 18.6 Å². The van der Waals surface area contributed by atoms with Crippen LogP contribution in [0.4, 0.5) is 0 Å². The van der Waals surface area contributed by atoms with Crippen molar-refractivity contribution in [2.24, 2.45) is 5.10 Å². The second-order valence-corrected chi connectivity index (χ2v) is 6.68. The number of carboxylic acids is 1. The van der Waals surface area contributed by atoms with E-state index in [1.807, 2.05) is 32.0 Å². The zero-order valence-corrected chi connectivity index (χ0v) is 16.7. The Bertz CT molecular complexity index is 1090. The zero-order valence-electron chi connectivity index (χ0n) is 15.9. The van der Waals surface area contributed by atoms with Crippen LogP contribution >= 0.6 is 12.2 Å². The van der Waals surface area contributed by atoms with Gasteiger partial charge in [0.25, 0.3) is 0 Å². The molecule has 0 radical (unpaired) electrons. The van der Waals surface area contributed by atoms with Gasteiger partial charge in [0.05, 0.1) is 12.2 Å². The number of aryl methyl sites for hydroxylation is 2. The number of hydrogen-bond acceptors (Lipinski definition) is 7. The monoisotopic (exact) mass is 411 g/mol. The number of hydrogen-bond donors (Lipinski definition) is 1. The standard InChI is InChI=1S/C20H20N4O4S/c1-13-3-8-17(14(2)9-13)28-11-18-22-23-20(29)24(18)21-10-15-4-6-16(7-5-15)27-12-19(25)26/h3-10H,11-12H2,1-2H3,(H,23,29)(H,25,26)/p-1/b21-10-. The van der Waals surface area contributed by atoms with E-state index >= 15 is 0 Å². The molecule has 0 saturated heterocycles. The number of nitrogens with one attached hydrogen (secondary N) is 1. The molecule has 3 rings (SSSR count). The van der Waals surface area contributed by atoms with Gasteiger partial charge in [-0.15, -0.1) is 0 Å². The summed E-state index contributed by atoms with van der Waals surface area (Å²) in [5.41, 5.74) is 2.98. The first-order valence-electron chi connectivity index (χ1n) is 8.76. The summed E-state index contributed by atoms with van der Waals surface area (Å²) in [7, 11) is 0. The molecule has 8 nitrogen and oxygen atoms in total. The van der Waals surface area contributed by atoms with Crippen molar-refractivity contribution in [2.75, 3.05) is 6.61 Å². The van der Waals surface area contributed by atoms with Crippen LogP contribution in [0.15, 0.2) is 47.6 Å². The maximum atomic E-state index is 10.4. The molecule has 0 aliphatic heterocycles. The van der Waals surface area contributed by atoms with E-state index in [0.717, 1.165) is 22.4 Å². The van der Waals surface area contributed by atoms with Gasteiger partial charge in [-0.1, -0.05) is 17.7 Å². The number of carbonyl (C=O) groups is 1. The second-order valence-electron chi connectivity index (χ2n) is 6.29. The Hall–Kier alpha value is -3.46. The molecule has 2 aromatic carbocycles. The SMILES string of the molecule is Cc1ccc(OCc2n[nH]c(=S)n2/N=C\c2ccc(OCC(=O)[O-])cc2)c(C)c1. The van der Waals surface area contributed by atoms with Crippen molar-refractivity contribution in [1.29, 1.82) is 0 Å². The number of nitrogens with zero attached hydrogens (tertiary/aromatic N) is 3. The molecule has 0 bridgehead atoms. The largest absolute Gasteiger partial charge is 0.546 e. The van der Waals surface area contributed by atoms with Gasteiger partial charge in [-0.25, -0.2) is 5.10 Å². The molecule has 29 heavy (non-hydrogen) atoms. The van der Waals surface area contributed by atoms with E-state index in [-0.39, 0.29) is 6.61 Å². The minimum Gasteiger partial charge on any atom is -0.546 e. The Morgan fingerprint density at radius 3 is 2.69 bits per heavy atom. The van der Waals surface area contributed by atoms with E-state index in [1.165, 1.54) is 4.68 Å². The van der Waals surface area contributed by atoms with Crippen LogP contribution < -0.4 is 14.6 Å². The number of aromatic nitrogens is 3. The normalized spacial score (nSPS) is 11.0. The first-order chi connectivity index (χ1) is 13.9. The Morgan fingerprint density at radius 2 is 2.00 bits per heavy atom. The molecule has 0 aliphatic rings. The third-order valence-corrected chi connectivity index (χ3v) is 4.23. The third-order valence-electron chi connectivity index (χ3n) is 3.96. The van der Waals surface area contributed by atoms with Crippen molar-refractivity contribution in [2.45, 2.75) is 20.5 Å². The summed E-state index contributed by atoms with van der Waals surface area (Å²) in [6.45, 7) is 3.71. The molecule has 9 heteroatoms. The van der Waals surface area contributed by atoms with Crippen LogP contribution in [-0.2, 0) is 11.4 Å². The summed E-state index contributed by atoms with van der Waals surface area (Å²) in [5.74, 6) is 0.446. The fourth-order valence-corrected chi connectivity index (χ4v) is 2.76. The number of aromatic amines is 1. The highest BCUT2D eigenvalue weighted by molar-refractivity contribution is 7.71. The van der Waals surface area contributed by atoms with Gasteiger partial charge < -0.3 is 19.4 Å². The van der Waals surface area contributed by atoms with E-state index < -0.39 is 12.6 Å². The molecule has 0 spiro atoms. The van der Waals surface area contributed by atoms with Gasteiger partial charge in [0.1, 0.15) is 24.7 Å². The van der Waals surface area contributed by atoms with Crippen molar-refractivity contribution < 1.29 is 19.4 Å². The minimum absolute atomic E-state index is 0.199. The lowest BCUT2D eigenvalue weighted by Crippen LogP contribution is -2.28. The first-order valence-corrected chi connectivity index (χ1v) is 9.16. The number of carboxylic acid groups (broad SMARTS) is 1. The summed E-state index contributed by atoms with van der Waals surface area (Å²) >= 11 is 5.24. The van der Waals surface area contributed by atoms with E-state index in [9.17, 15) is 9.90 Å². The van der Waals surface area contributed by atoms with Crippen LogP contribution in [0.5, 0.6) is 11.5 Å². The molecular weight excluding hydrogens is 392 g/mol. The fourth-order valence-electron chi connectivity index (χ4n) is 2.56. The summed E-state index contributed by atoms with van der Waals surface area (Å²) < 4.78 is 12.7. The number of H-pyrrole nitrogens is 1. The molecule has 0 aliphatic carbocycles. The number of rotatable bonds is 8. The van der Waals surface area contributed by atoms with E-state index in [4.69, 9.17) is 21.7 Å². The van der Waals surface area contributed by atoms with Crippen molar-refractivity contribution in [3.8, 4) is 11.5 Å². The number of carbonyl (C=O) groups excluding carboxylic acids is 1. The predicted molar refractivity (Wildman–Crippen MR) is 108 cm³/mol. The molecule has 1 heterocycles. The lowest BCUT2D eigenvalue weighted by molar-refractivity contribution is -0.307. The Morgan fingerprint density at radius 1 is 1.24 bits per heavy atom. The quantitative estimate of drug-likeness (QED) is 0.450. The van der Waals surface area contributed by atoms with Crippen molar-refractivity contribution in [3.63, 3.8) is 0 Å². The van der Waals surface area contributed by atoms with Gasteiger partial charge in [-0.2, -0.15) is 14.9 Å². The van der Waals surface area contributed by atoms with Gasteiger partial charge in [0.15, 0.2) is 5.82 Å². The van der Waals surface area contributed by atoms with Crippen LogP contribution in [0.1, 0.15) is 22.5 Å². The third kappa shape index (κ3) is 5.52. The Labute approximate surface area is 172 Å². The van der Waals surface area contributed by atoms with Crippen molar-refractivity contribution >= 4 is 24.4 Å². The highest BCUT2D eigenvalue weighted by atomic mass is 32.1. The van der Waals surface area contributed by atoms with Gasteiger partial charge in [-0.05, 0) is 67.5 Å². The summed E-state index contributed by atoms with van der Waals surface area (Å²) in [6, 6.07) is 12.7. The molecule has 0 fully saturated rings. The number of benzene rings is 2.